The van der Waals surface area contributed by atoms with E-state index in [1.165, 1.54) is 19.1 Å². The van der Waals surface area contributed by atoms with Crippen molar-refractivity contribution in [2.45, 2.75) is 25.8 Å². The van der Waals surface area contributed by atoms with E-state index in [0.29, 0.717) is 48.0 Å². The number of likely N-dealkylation sites (tertiary alicyclic amines) is 1. The van der Waals surface area contributed by atoms with Gasteiger partial charge < -0.3 is 29.0 Å². The first-order chi connectivity index (χ1) is 16.5. The molecule has 1 unspecified atom stereocenters. The van der Waals surface area contributed by atoms with Gasteiger partial charge in [-0.2, -0.15) is 0 Å². The highest BCUT2D eigenvalue weighted by molar-refractivity contribution is 6.46. The molecule has 2 aromatic carbocycles. The topological polar surface area (TPSA) is 94.5 Å². The van der Waals surface area contributed by atoms with Crippen molar-refractivity contribution < 1.29 is 33.6 Å². The third-order valence-electron chi connectivity index (χ3n) is 5.61. The second kappa shape index (κ2) is 11.6. The minimum atomic E-state index is -0.785. The zero-order chi connectivity index (χ0) is 24.7. The van der Waals surface area contributed by atoms with E-state index in [-0.39, 0.29) is 17.9 Å². The van der Waals surface area contributed by atoms with Crippen LogP contribution in [-0.2, 0) is 14.3 Å². The maximum Gasteiger partial charge on any atom is 0.295 e. The fourth-order valence-electron chi connectivity index (χ4n) is 3.94. The van der Waals surface area contributed by atoms with Crippen molar-refractivity contribution in [3.63, 3.8) is 0 Å². The molecule has 0 radical (unpaired) electrons. The van der Waals surface area contributed by atoms with Gasteiger partial charge in [0.25, 0.3) is 11.7 Å². The van der Waals surface area contributed by atoms with Gasteiger partial charge in [0.05, 0.1) is 32.4 Å². The molecule has 34 heavy (non-hydrogen) atoms. The number of hydrogen-bond donors (Lipinski definition) is 1. The Kier molecular flexibility index (Phi) is 8.54. The van der Waals surface area contributed by atoms with Crippen LogP contribution in [0.25, 0.3) is 5.76 Å². The third kappa shape index (κ3) is 5.17. The number of methoxy groups -OCH3 is 3. The van der Waals surface area contributed by atoms with E-state index in [2.05, 4.69) is 0 Å². The van der Waals surface area contributed by atoms with Crippen LogP contribution in [0.2, 0.25) is 0 Å². The normalized spacial score (nSPS) is 17.2. The predicted molar refractivity (Wildman–Crippen MR) is 127 cm³/mol. The summed E-state index contributed by atoms with van der Waals surface area (Å²) in [5, 5.41) is 11.2. The summed E-state index contributed by atoms with van der Waals surface area (Å²) < 4.78 is 21.5. The standard InChI is InChI=1S/C26H31NO7/c1-5-14-34-19-10-7-17(8-11-19)24(28)22-23(18-9-12-20(32-3)21(16-18)33-4)27(13-6-15-31-2)26(30)25(22)29/h7-12,16,23,28H,5-6,13-15H2,1-4H3/b24-22+. The summed E-state index contributed by atoms with van der Waals surface area (Å²) in [6, 6.07) is 11.2. The Bertz CT molecular complexity index is 1050. The van der Waals surface area contributed by atoms with Crippen molar-refractivity contribution >= 4 is 17.4 Å². The highest BCUT2D eigenvalue weighted by Crippen LogP contribution is 2.42. The van der Waals surface area contributed by atoms with Crippen molar-refractivity contribution in [3.05, 3.63) is 59.2 Å². The van der Waals surface area contributed by atoms with Crippen LogP contribution in [-0.4, -0.2) is 62.8 Å². The van der Waals surface area contributed by atoms with Gasteiger partial charge in [-0.1, -0.05) is 13.0 Å². The lowest BCUT2D eigenvalue weighted by Gasteiger charge is -2.26. The Labute approximate surface area is 199 Å². The molecule has 8 heteroatoms. The van der Waals surface area contributed by atoms with E-state index in [0.717, 1.165) is 6.42 Å². The number of hydrogen-bond acceptors (Lipinski definition) is 7. The van der Waals surface area contributed by atoms with Crippen molar-refractivity contribution in [2.24, 2.45) is 0 Å². The third-order valence-corrected chi connectivity index (χ3v) is 5.61. The Balaban J connectivity index is 2.09. The average Bonchev–Trinajstić information content (AvgIpc) is 3.12. The van der Waals surface area contributed by atoms with Crippen LogP contribution >= 0.6 is 0 Å². The number of aliphatic hydroxyl groups is 1. The number of benzene rings is 2. The Morgan fingerprint density at radius 3 is 2.29 bits per heavy atom. The fraction of sp³-hybridized carbons (Fsp3) is 0.385. The molecule has 0 spiro atoms. The van der Waals surface area contributed by atoms with Crippen LogP contribution in [0.5, 0.6) is 17.2 Å². The molecular formula is C26H31NO7. The molecule has 3 rings (SSSR count). The number of nitrogens with zero attached hydrogens (tertiary/aromatic N) is 1. The fourth-order valence-corrected chi connectivity index (χ4v) is 3.94. The molecule has 8 nitrogen and oxygen atoms in total. The molecule has 2 aromatic rings. The summed E-state index contributed by atoms with van der Waals surface area (Å²) in [4.78, 5) is 27.6. The van der Waals surface area contributed by atoms with Gasteiger partial charge in [0.15, 0.2) is 11.5 Å². The van der Waals surface area contributed by atoms with Gasteiger partial charge in [-0.05, 0) is 54.8 Å². The number of ether oxygens (including phenoxy) is 4. The molecule has 1 atom stereocenters. The number of carbonyl (C=O) groups excluding carboxylic acids is 2. The molecule has 0 bridgehead atoms. The van der Waals surface area contributed by atoms with E-state index in [1.54, 1.807) is 49.6 Å². The molecule has 1 heterocycles. The largest absolute Gasteiger partial charge is 0.507 e. The maximum atomic E-state index is 13.1. The van der Waals surface area contributed by atoms with Crippen LogP contribution in [0.4, 0.5) is 0 Å². The summed E-state index contributed by atoms with van der Waals surface area (Å²) in [6.07, 6.45) is 1.41. The highest BCUT2D eigenvalue weighted by Gasteiger charge is 2.46. The lowest BCUT2D eigenvalue weighted by Crippen LogP contribution is -2.31. The summed E-state index contributed by atoms with van der Waals surface area (Å²) >= 11 is 0. The first kappa shape index (κ1) is 25.1. The van der Waals surface area contributed by atoms with E-state index in [4.69, 9.17) is 18.9 Å². The van der Waals surface area contributed by atoms with E-state index in [9.17, 15) is 14.7 Å². The molecule has 1 N–H and O–H groups in total. The Morgan fingerprint density at radius 1 is 0.971 bits per heavy atom. The first-order valence-corrected chi connectivity index (χ1v) is 11.2. The van der Waals surface area contributed by atoms with Gasteiger partial charge >= 0.3 is 0 Å². The van der Waals surface area contributed by atoms with Gasteiger partial charge in [-0.25, -0.2) is 0 Å². The van der Waals surface area contributed by atoms with Gasteiger partial charge in [-0.3, -0.25) is 9.59 Å². The average molecular weight is 470 g/mol. The molecule has 182 valence electrons. The highest BCUT2D eigenvalue weighted by atomic mass is 16.5. The maximum absolute atomic E-state index is 13.1. The summed E-state index contributed by atoms with van der Waals surface area (Å²) in [5.74, 6) is -0.00391. The first-order valence-electron chi connectivity index (χ1n) is 11.2. The zero-order valence-electron chi connectivity index (χ0n) is 20.0. The second-order valence-corrected chi connectivity index (χ2v) is 7.83. The molecule has 1 aliphatic heterocycles. The monoisotopic (exact) mass is 469 g/mol. The van der Waals surface area contributed by atoms with Crippen molar-refractivity contribution in [1.29, 1.82) is 0 Å². The van der Waals surface area contributed by atoms with Crippen LogP contribution < -0.4 is 14.2 Å². The van der Waals surface area contributed by atoms with Gasteiger partial charge in [-0.15, -0.1) is 0 Å². The molecule has 1 amide bonds. The minimum absolute atomic E-state index is 0.0249. The number of amides is 1. The zero-order valence-corrected chi connectivity index (χ0v) is 20.0. The molecule has 1 aliphatic rings. The number of carbonyl (C=O) groups is 2. The molecule has 0 aliphatic carbocycles. The van der Waals surface area contributed by atoms with Crippen molar-refractivity contribution in [1.82, 2.24) is 4.90 Å². The summed E-state index contributed by atoms with van der Waals surface area (Å²) in [7, 11) is 4.62. The molecule has 0 aromatic heterocycles. The van der Waals surface area contributed by atoms with E-state index in [1.807, 2.05) is 6.92 Å². The molecule has 0 saturated carbocycles. The van der Waals surface area contributed by atoms with Crippen LogP contribution in [0.1, 0.15) is 36.9 Å². The predicted octanol–water partition coefficient (Wildman–Crippen LogP) is 3.95. The lowest BCUT2D eigenvalue weighted by atomic mass is 9.95. The van der Waals surface area contributed by atoms with Crippen LogP contribution in [0.15, 0.2) is 48.0 Å². The van der Waals surface area contributed by atoms with Crippen molar-refractivity contribution in [3.8, 4) is 17.2 Å². The summed E-state index contributed by atoms with van der Waals surface area (Å²) in [6.45, 7) is 3.32. The number of rotatable bonds is 11. The van der Waals surface area contributed by atoms with Crippen LogP contribution in [0, 0.1) is 0 Å². The van der Waals surface area contributed by atoms with Crippen LogP contribution in [0.3, 0.4) is 0 Å². The number of ketones is 1. The van der Waals surface area contributed by atoms with E-state index >= 15 is 0 Å². The summed E-state index contributed by atoms with van der Waals surface area (Å²) in [5.41, 5.74) is 1.07. The molecular weight excluding hydrogens is 438 g/mol. The van der Waals surface area contributed by atoms with Crippen molar-refractivity contribution in [2.75, 3.05) is 41.1 Å². The van der Waals surface area contributed by atoms with Gasteiger partial charge in [0.1, 0.15) is 11.5 Å². The number of Topliss-reactive ketones (excluding diaryl/α,β-unsaturated/α-hetero) is 1. The Hall–Kier alpha value is -3.52. The lowest BCUT2D eigenvalue weighted by molar-refractivity contribution is -0.140. The minimum Gasteiger partial charge on any atom is -0.507 e. The molecule has 1 saturated heterocycles. The second-order valence-electron chi connectivity index (χ2n) is 7.83. The smallest absolute Gasteiger partial charge is 0.295 e. The van der Waals surface area contributed by atoms with Gasteiger partial charge in [0.2, 0.25) is 0 Å². The quantitative estimate of drug-likeness (QED) is 0.230. The number of aliphatic hydroxyl groups excluding tert-OH is 1. The Morgan fingerprint density at radius 2 is 1.68 bits per heavy atom. The van der Waals surface area contributed by atoms with Gasteiger partial charge in [0, 0.05) is 25.8 Å². The molecule has 1 fully saturated rings. The van der Waals surface area contributed by atoms with E-state index < -0.39 is 17.7 Å². The SMILES string of the molecule is CCCOc1ccc(/C(O)=C2\C(=O)C(=O)N(CCCOC)C2c2ccc(OC)c(OC)c2)cc1.